The number of halogens is 1. The highest BCUT2D eigenvalue weighted by atomic mass is 32.1. The summed E-state index contributed by atoms with van der Waals surface area (Å²) >= 11 is 5.21. The molecule has 2 N–H and O–H groups in total. The van der Waals surface area contributed by atoms with Crippen molar-refractivity contribution in [3.63, 3.8) is 0 Å². The predicted octanol–water partition coefficient (Wildman–Crippen LogP) is 4.19. The fourth-order valence-corrected chi connectivity index (χ4v) is 2.47. The van der Waals surface area contributed by atoms with Crippen LogP contribution in [0.2, 0.25) is 0 Å². The summed E-state index contributed by atoms with van der Waals surface area (Å²) in [6.45, 7) is 2.73. The van der Waals surface area contributed by atoms with E-state index in [1.807, 2.05) is 10.9 Å². The molecular formula is C18H17FN4S. The second kappa shape index (κ2) is 7.23. The molecule has 1 aromatic heterocycles. The molecule has 0 aliphatic carbocycles. The standard InChI is InChI=1S/C18H17FN4S/c1-13-6-8-14(9-7-13)11-23-12-15(10-20-23)21-18(24)22-17-5-3-2-4-16(17)19/h2-10,12H,11H2,1H3,(H2,21,22,24). The lowest BCUT2D eigenvalue weighted by Crippen LogP contribution is -2.19. The third-order valence-corrected chi connectivity index (χ3v) is 3.68. The molecule has 0 aliphatic heterocycles. The summed E-state index contributed by atoms with van der Waals surface area (Å²) in [5, 5.41) is 10.5. The van der Waals surface area contributed by atoms with E-state index in [0.29, 0.717) is 17.3 Å². The van der Waals surface area contributed by atoms with Gasteiger partial charge in [0.2, 0.25) is 0 Å². The number of aryl methyl sites for hydroxylation is 1. The summed E-state index contributed by atoms with van der Waals surface area (Å²) < 4.78 is 15.4. The average molecular weight is 340 g/mol. The number of hydrogen-bond acceptors (Lipinski definition) is 2. The van der Waals surface area contributed by atoms with E-state index in [0.717, 1.165) is 5.69 Å². The third-order valence-electron chi connectivity index (χ3n) is 3.48. The number of para-hydroxylation sites is 1. The Morgan fingerprint density at radius 3 is 2.62 bits per heavy atom. The zero-order valence-corrected chi connectivity index (χ0v) is 14.0. The zero-order chi connectivity index (χ0) is 16.9. The van der Waals surface area contributed by atoms with Crippen molar-refractivity contribution in [2.45, 2.75) is 13.5 Å². The van der Waals surface area contributed by atoms with Crippen LogP contribution < -0.4 is 10.6 Å². The van der Waals surface area contributed by atoms with E-state index >= 15 is 0 Å². The van der Waals surface area contributed by atoms with Crippen LogP contribution >= 0.6 is 12.2 Å². The molecule has 2 aromatic carbocycles. The highest BCUT2D eigenvalue weighted by Gasteiger charge is 2.05. The number of hydrogen-bond donors (Lipinski definition) is 2. The monoisotopic (exact) mass is 340 g/mol. The van der Waals surface area contributed by atoms with Crippen LogP contribution in [0.1, 0.15) is 11.1 Å². The van der Waals surface area contributed by atoms with Gasteiger partial charge in [-0.1, -0.05) is 42.0 Å². The Balaban J connectivity index is 1.60. The molecule has 0 radical (unpaired) electrons. The molecule has 0 saturated heterocycles. The van der Waals surface area contributed by atoms with E-state index in [-0.39, 0.29) is 5.82 Å². The van der Waals surface area contributed by atoms with Crippen LogP contribution in [0.25, 0.3) is 0 Å². The maximum atomic E-state index is 13.6. The number of aromatic nitrogens is 2. The number of nitrogens with one attached hydrogen (secondary N) is 2. The molecule has 4 nitrogen and oxygen atoms in total. The van der Waals surface area contributed by atoms with Gasteiger partial charge >= 0.3 is 0 Å². The number of rotatable bonds is 4. The summed E-state index contributed by atoms with van der Waals surface area (Å²) in [4.78, 5) is 0. The lowest BCUT2D eigenvalue weighted by molar-refractivity contribution is 0.632. The second-order valence-corrected chi connectivity index (χ2v) is 5.88. The van der Waals surface area contributed by atoms with Crippen molar-refractivity contribution in [2.75, 3.05) is 10.6 Å². The van der Waals surface area contributed by atoms with Gasteiger partial charge in [-0.3, -0.25) is 4.68 Å². The predicted molar refractivity (Wildman–Crippen MR) is 98.8 cm³/mol. The van der Waals surface area contributed by atoms with Gasteiger partial charge in [-0.05, 0) is 36.8 Å². The number of anilines is 2. The first-order valence-corrected chi connectivity index (χ1v) is 7.91. The number of thiocarbonyl (C=S) groups is 1. The highest BCUT2D eigenvalue weighted by Crippen LogP contribution is 2.14. The summed E-state index contributed by atoms with van der Waals surface area (Å²) in [5.41, 5.74) is 3.48. The van der Waals surface area contributed by atoms with Gasteiger partial charge in [0.05, 0.1) is 24.1 Å². The summed E-state index contributed by atoms with van der Waals surface area (Å²) in [7, 11) is 0. The topological polar surface area (TPSA) is 41.9 Å². The van der Waals surface area contributed by atoms with E-state index in [9.17, 15) is 4.39 Å². The van der Waals surface area contributed by atoms with Crippen LogP contribution in [-0.2, 0) is 6.54 Å². The summed E-state index contributed by atoms with van der Waals surface area (Å²) in [6, 6.07) is 14.7. The van der Waals surface area contributed by atoms with Gasteiger partial charge in [0.1, 0.15) is 5.82 Å². The maximum Gasteiger partial charge on any atom is 0.175 e. The van der Waals surface area contributed by atoms with Crippen molar-refractivity contribution in [2.24, 2.45) is 0 Å². The van der Waals surface area contributed by atoms with Crippen molar-refractivity contribution in [1.82, 2.24) is 9.78 Å². The molecule has 0 bridgehead atoms. The van der Waals surface area contributed by atoms with Crippen molar-refractivity contribution >= 4 is 28.7 Å². The Hall–Kier alpha value is -2.73. The molecule has 3 aromatic rings. The van der Waals surface area contributed by atoms with Crippen LogP contribution in [0.4, 0.5) is 15.8 Å². The van der Waals surface area contributed by atoms with Crippen LogP contribution in [0.15, 0.2) is 60.9 Å². The molecular weight excluding hydrogens is 323 g/mol. The second-order valence-electron chi connectivity index (χ2n) is 5.47. The molecule has 0 amide bonds. The van der Waals surface area contributed by atoms with Gasteiger partial charge in [-0.25, -0.2) is 4.39 Å². The maximum absolute atomic E-state index is 13.6. The van der Waals surface area contributed by atoms with Crippen LogP contribution in [0.3, 0.4) is 0 Å². The number of benzene rings is 2. The van der Waals surface area contributed by atoms with Gasteiger partial charge in [0, 0.05) is 6.20 Å². The van der Waals surface area contributed by atoms with Crippen molar-refractivity contribution in [3.05, 3.63) is 77.9 Å². The number of nitrogens with zero attached hydrogens (tertiary/aromatic N) is 2. The molecule has 1 heterocycles. The first-order chi connectivity index (χ1) is 11.6. The lowest BCUT2D eigenvalue weighted by Gasteiger charge is -2.09. The third kappa shape index (κ3) is 4.17. The van der Waals surface area contributed by atoms with E-state index in [2.05, 4.69) is 46.9 Å². The molecule has 0 unspecified atom stereocenters. The molecule has 0 fully saturated rings. The minimum atomic E-state index is -0.350. The molecule has 3 rings (SSSR count). The fourth-order valence-electron chi connectivity index (χ4n) is 2.24. The van der Waals surface area contributed by atoms with Crippen molar-refractivity contribution in [1.29, 1.82) is 0 Å². The summed E-state index contributed by atoms with van der Waals surface area (Å²) in [6.07, 6.45) is 3.54. The Morgan fingerprint density at radius 2 is 1.88 bits per heavy atom. The van der Waals surface area contributed by atoms with Crippen LogP contribution in [0.5, 0.6) is 0 Å². The minimum absolute atomic E-state index is 0.315. The fraction of sp³-hybridized carbons (Fsp3) is 0.111. The minimum Gasteiger partial charge on any atom is -0.330 e. The molecule has 0 saturated carbocycles. The van der Waals surface area contributed by atoms with Gasteiger partial charge in [0.25, 0.3) is 0 Å². The highest BCUT2D eigenvalue weighted by molar-refractivity contribution is 7.80. The van der Waals surface area contributed by atoms with Gasteiger partial charge < -0.3 is 10.6 Å². The van der Waals surface area contributed by atoms with Crippen LogP contribution in [-0.4, -0.2) is 14.9 Å². The molecule has 122 valence electrons. The Labute approximate surface area is 145 Å². The first-order valence-electron chi connectivity index (χ1n) is 7.51. The van der Waals surface area contributed by atoms with E-state index in [1.54, 1.807) is 24.4 Å². The summed E-state index contributed by atoms with van der Waals surface area (Å²) in [5.74, 6) is -0.350. The smallest absolute Gasteiger partial charge is 0.175 e. The van der Waals surface area contributed by atoms with E-state index in [4.69, 9.17) is 12.2 Å². The Bertz CT molecular complexity index is 842. The molecule has 6 heteroatoms. The SMILES string of the molecule is Cc1ccc(Cn2cc(NC(=S)Nc3ccccc3F)cn2)cc1. The molecule has 24 heavy (non-hydrogen) atoms. The Morgan fingerprint density at radius 1 is 1.12 bits per heavy atom. The van der Waals surface area contributed by atoms with Gasteiger partial charge in [-0.15, -0.1) is 0 Å². The van der Waals surface area contributed by atoms with Crippen LogP contribution in [0, 0.1) is 12.7 Å². The molecule has 0 atom stereocenters. The molecule has 0 aliphatic rings. The lowest BCUT2D eigenvalue weighted by atomic mass is 10.1. The van der Waals surface area contributed by atoms with Gasteiger partial charge in [-0.2, -0.15) is 5.10 Å². The zero-order valence-electron chi connectivity index (χ0n) is 13.2. The average Bonchev–Trinajstić information content (AvgIpc) is 2.99. The Kier molecular flexibility index (Phi) is 4.86. The normalized spacial score (nSPS) is 10.4. The first kappa shape index (κ1) is 16.1. The van der Waals surface area contributed by atoms with E-state index in [1.165, 1.54) is 17.2 Å². The largest absolute Gasteiger partial charge is 0.330 e. The molecule has 0 spiro atoms. The van der Waals surface area contributed by atoms with Crippen molar-refractivity contribution < 1.29 is 4.39 Å². The quantitative estimate of drug-likeness (QED) is 0.699. The van der Waals surface area contributed by atoms with Gasteiger partial charge in [0.15, 0.2) is 5.11 Å². The van der Waals surface area contributed by atoms with E-state index < -0.39 is 0 Å². The van der Waals surface area contributed by atoms with Crippen molar-refractivity contribution in [3.8, 4) is 0 Å².